The Morgan fingerprint density at radius 1 is 0.806 bits per heavy atom. The Kier molecular flexibility index (Phi) is 20.4. The number of benzene rings is 1. The number of hydrogen-bond donors (Lipinski definition) is 4. The molecule has 1 aromatic carbocycles. The predicted octanol–water partition coefficient (Wildman–Crippen LogP) is 6.38. The molecular formula is C56H84N2O14. The van der Waals surface area contributed by atoms with E-state index in [1.54, 1.807) is 41.9 Å². The zero-order valence-corrected chi connectivity index (χ0v) is 44.2. The molecule has 1 saturated carbocycles. The molecule has 4 bridgehead atoms. The van der Waals surface area contributed by atoms with E-state index in [1.807, 2.05) is 55.3 Å². The van der Waals surface area contributed by atoms with Crippen molar-refractivity contribution in [3.63, 3.8) is 0 Å². The smallest absolute Gasteiger partial charge is 0.329 e. The van der Waals surface area contributed by atoms with Crippen molar-refractivity contribution in [2.24, 2.45) is 35.5 Å². The Hall–Kier alpha value is -3.87. The van der Waals surface area contributed by atoms with Crippen LogP contribution < -0.4 is 5.06 Å². The normalized spacial score (nSPS) is 39.1. The van der Waals surface area contributed by atoms with Gasteiger partial charge in [-0.15, -0.1) is 0 Å². The van der Waals surface area contributed by atoms with Crippen molar-refractivity contribution in [1.82, 2.24) is 4.90 Å². The van der Waals surface area contributed by atoms with Crippen LogP contribution in [0.3, 0.4) is 0 Å². The Bertz CT molecular complexity index is 2080. The highest BCUT2D eigenvalue weighted by atomic mass is 16.7. The number of esters is 1. The molecule has 4 N–H and O–H groups in total. The lowest BCUT2D eigenvalue weighted by Crippen LogP contribution is -2.61. The maximum absolute atomic E-state index is 14.4. The highest BCUT2D eigenvalue weighted by molar-refractivity contribution is 6.39. The molecule has 6 aliphatic rings. The van der Waals surface area contributed by atoms with Crippen LogP contribution in [0.1, 0.15) is 138 Å². The molecule has 1 aromatic rings. The number of para-hydroxylation sites is 1. The van der Waals surface area contributed by atoms with Gasteiger partial charge < -0.3 is 44.3 Å². The number of ketones is 3. The number of carbonyl (C=O) groups is 5. The molecule has 1 amide bonds. The van der Waals surface area contributed by atoms with Crippen LogP contribution in [0.4, 0.5) is 5.69 Å². The number of nitrogens with zero attached hydrogens (tertiary/aromatic N) is 2. The molecule has 5 aliphatic heterocycles. The first-order valence-corrected chi connectivity index (χ1v) is 26.7. The minimum Gasteiger partial charge on any atom is -0.460 e. The highest BCUT2D eigenvalue weighted by Gasteiger charge is 2.53. The van der Waals surface area contributed by atoms with Crippen LogP contribution in [0.15, 0.2) is 53.6 Å². The lowest BCUT2D eigenvalue weighted by molar-refractivity contribution is -0.265. The third-order valence-electron chi connectivity index (χ3n) is 16.6. The molecule has 1 aliphatic carbocycles. The Morgan fingerprint density at radius 3 is 2.22 bits per heavy atom. The van der Waals surface area contributed by atoms with Gasteiger partial charge in [0.05, 0.1) is 36.1 Å². The average Bonchev–Trinajstić information content (AvgIpc) is 3.37. The van der Waals surface area contributed by atoms with Gasteiger partial charge in [0, 0.05) is 51.4 Å². The van der Waals surface area contributed by atoms with Crippen molar-refractivity contribution in [3.05, 3.63) is 53.6 Å². The molecule has 17 atom stereocenters. The van der Waals surface area contributed by atoms with E-state index in [9.17, 15) is 44.4 Å². The Balaban J connectivity index is 1.33. The second-order valence-corrected chi connectivity index (χ2v) is 22.1. The molecule has 16 nitrogen and oxygen atoms in total. The summed E-state index contributed by atoms with van der Waals surface area (Å²) < 4.78 is 24.1. The van der Waals surface area contributed by atoms with Crippen molar-refractivity contribution in [1.29, 1.82) is 0 Å². The Morgan fingerprint density at radius 2 is 1.53 bits per heavy atom. The zero-order valence-electron chi connectivity index (χ0n) is 44.2. The van der Waals surface area contributed by atoms with Gasteiger partial charge in [-0.2, -0.15) is 0 Å². The fraction of sp³-hybridized carbons (Fsp3) is 0.732. The second-order valence-electron chi connectivity index (χ2n) is 22.1. The van der Waals surface area contributed by atoms with Gasteiger partial charge in [-0.05, 0) is 132 Å². The topological polar surface area (TPSA) is 219 Å². The number of ether oxygens (including phenoxy) is 4. The predicted molar refractivity (Wildman–Crippen MR) is 269 cm³/mol. The fourth-order valence-electron chi connectivity index (χ4n) is 11.9. The minimum absolute atomic E-state index is 0.0666. The number of rotatable bonds is 6. The lowest BCUT2D eigenvalue weighted by atomic mass is 9.78. The molecular weight excluding hydrogens is 925 g/mol. The van der Waals surface area contributed by atoms with Crippen LogP contribution in [0.5, 0.6) is 0 Å². The molecule has 0 radical (unpaired) electrons. The van der Waals surface area contributed by atoms with Gasteiger partial charge >= 0.3 is 5.97 Å². The van der Waals surface area contributed by atoms with Crippen LogP contribution in [0, 0.1) is 35.5 Å². The van der Waals surface area contributed by atoms with E-state index in [0.717, 1.165) is 11.3 Å². The van der Waals surface area contributed by atoms with E-state index in [1.165, 1.54) is 11.0 Å². The molecule has 4 fully saturated rings. The SMILES string of the molecule is COC1CC2CC[C@@H](C)C(O)(O2)C(=O)C(=O)N2CCCCC2C(=O)OC([C@H](C)CC2CCC(O)[C@H](OC)C2)CC(=O)[C@H](C)/C=C(\C)C(O)[C@@H](O)C(=O)[C@H](C)C[C@H](C)C2CCC(C=C1C)ON2c1ccccc1. The fourth-order valence-corrected chi connectivity index (χ4v) is 11.9. The quantitative estimate of drug-likeness (QED) is 0.138. The molecule has 3 saturated heterocycles. The van der Waals surface area contributed by atoms with Crippen LogP contribution >= 0.6 is 0 Å². The molecule has 16 heteroatoms. The number of hydrogen-bond acceptors (Lipinski definition) is 15. The van der Waals surface area contributed by atoms with E-state index < -0.39 is 89.6 Å². The maximum atomic E-state index is 14.4. The molecule has 7 rings (SSSR count). The number of fused-ring (bicyclic) bond motifs is 17. The van der Waals surface area contributed by atoms with E-state index in [2.05, 4.69) is 6.92 Å². The maximum Gasteiger partial charge on any atom is 0.329 e. The van der Waals surface area contributed by atoms with Crippen molar-refractivity contribution in [3.8, 4) is 0 Å². The van der Waals surface area contributed by atoms with Gasteiger partial charge in [0.15, 0.2) is 5.78 Å². The summed E-state index contributed by atoms with van der Waals surface area (Å²) in [4.78, 5) is 79.2. The number of amides is 1. The monoisotopic (exact) mass is 1010 g/mol. The summed E-state index contributed by atoms with van der Waals surface area (Å²) in [7, 11) is 3.14. The molecule has 402 valence electrons. The van der Waals surface area contributed by atoms with E-state index in [0.29, 0.717) is 70.6 Å². The van der Waals surface area contributed by atoms with E-state index in [4.69, 9.17) is 23.8 Å². The summed E-state index contributed by atoms with van der Waals surface area (Å²) in [5.74, 6) is -8.85. The molecule has 0 spiro atoms. The van der Waals surface area contributed by atoms with Crippen molar-refractivity contribution in [2.75, 3.05) is 25.8 Å². The number of anilines is 1. The third-order valence-corrected chi connectivity index (χ3v) is 16.6. The number of hydroxylamine groups is 1. The molecule has 0 aromatic heterocycles. The van der Waals surface area contributed by atoms with Gasteiger partial charge in [0.25, 0.3) is 11.7 Å². The minimum atomic E-state index is -2.47. The van der Waals surface area contributed by atoms with Gasteiger partial charge in [-0.1, -0.05) is 65.0 Å². The number of aliphatic hydroxyl groups excluding tert-OH is 3. The molecule has 72 heavy (non-hydrogen) atoms. The van der Waals surface area contributed by atoms with Crippen LogP contribution in [0.2, 0.25) is 0 Å². The van der Waals surface area contributed by atoms with Crippen LogP contribution in [-0.2, 0) is 47.8 Å². The average molecular weight is 1010 g/mol. The first-order chi connectivity index (χ1) is 34.2. The number of methoxy groups -OCH3 is 2. The lowest BCUT2D eigenvalue weighted by Gasteiger charge is -2.43. The van der Waals surface area contributed by atoms with Gasteiger partial charge in [-0.3, -0.25) is 29.1 Å². The first kappa shape index (κ1) is 57.4. The largest absolute Gasteiger partial charge is 0.460 e. The summed E-state index contributed by atoms with van der Waals surface area (Å²) in [6, 6.07) is 8.39. The van der Waals surface area contributed by atoms with E-state index in [-0.39, 0.29) is 73.2 Å². The third kappa shape index (κ3) is 13.7. The number of allylic oxidation sites excluding steroid dienone is 1. The zero-order chi connectivity index (χ0) is 52.6. The molecule has 10 unspecified atom stereocenters. The van der Waals surface area contributed by atoms with Gasteiger partial charge in [0.1, 0.15) is 36.2 Å². The van der Waals surface area contributed by atoms with Crippen molar-refractivity contribution < 1.29 is 68.2 Å². The van der Waals surface area contributed by atoms with Crippen molar-refractivity contribution in [2.45, 2.75) is 205 Å². The highest BCUT2D eigenvalue weighted by Crippen LogP contribution is 2.39. The standard InChI is InChI=1S/C56H84N2O14/c1-32-25-36(5)50(61)52(63)51(62)37(6)26-33(2)46(60)31-48(34(3)27-39-19-23-45(59)49(29-39)69-9)70-55(66)44-17-13-14-24-57(44)54(65)53(64)56(67)38(7)18-20-41(71-56)30-47(68-8)35(4)28-42-21-22-43(32)58(72-42)40-15-11-10-12-16-40/h10-12,15-16,26,28,32-34,36,38-39,41-45,47-49,51-52,59,62-63,67H,13-14,17-25,27,29-31H2,1-9H3/b35-28?,37-26+/t32-,33+,34+,36+,38+,39?,41?,42?,43?,44?,45?,47?,48?,49+,51?,52-,56?/m0/s1. The Labute approximate surface area is 426 Å². The van der Waals surface area contributed by atoms with Gasteiger partial charge in [-0.25, -0.2) is 4.79 Å². The number of carbonyl (C=O) groups excluding carboxylic acids is 5. The summed E-state index contributed by atoms with van der Waals surface area (Å²) in [6.07, 6.45) is 3.08. The van der Waals surface area contributed by atoms with Crippen LogP contribution in [-0.4, -0.2) is 142 Å². The second kappa shape index (κ2) is 25.6. The molecule has 5 heterocycles. The van der Waals surface area contributed by atoms with Crippen molar-refractivity contribution >= 4 is 34.9 Å². The van der Waals surface area contributed by atoms with E-state index >= 15 is 0 Å². The number of aliphatic hydroxyl groups is 4. The summed E-state index contributed by atoms with van der Waals surface area (Å²) in [5, 5.41) is 47.3. The summed E-state index contributed by atoms with van der Waals surface area (Å²) in [6.45, 7) is 12.6. The van der Waals surface area contributed by atoms with Gasteiger partial charge in [0.2, 0.25) is 5.79 Å². The summed E-state index contributed by atoms with van der Waals surface area (Å²) >= 11 is 0. The van der Waals surface area contributed by atoms with Crippen LogP contribution in [0.25, 0.3) is 0 Å². The summed E-state index contributed by atoms with van der Waals surface area (Å²) in [5.41, 5.74) is 1.93. The number of Topliss-reactive ketones (excluding diaryl/α,β-unsaturated/α-hetero) is 3. The number of piperidine rings is 1. The first-order valence-electron chi connectivity index (χ1n) is 26.7.